The molecule has 1 aromatic heterocycles. The molecule has 7 heteroatoms. The molecule has 2 atom stereocenters. The SMILES string of the molecule is Cc1cc(C)nc(S(=O)CC(O)COc2ccc(Cl)cc2)n1. The van der Waals surface area contributed by atoms with E-state index in [0.29, 0.717) is 10.8 Å². The van der Waals surface area contributed by atoms with Crippen molar-refractivity contribution in [3.63, 3.8) is 0 Å². The maximum atomic E-state index is 12.2. The van der Waals surface area contributed by atoms with E-state index in [0.717, 1.165) is 11.4 Å². The first-order chi connectivity index (χ1) is 10.4. The summed E-state index contributed by atoms with van der Waals surface area (Å²) in [6, 6.07) is 8.62. The Morgan fingerprint density at radius 2 is 1.82 bits per heavy atom. The molecule has 0 aliphatic rings. The summed E-state index contributed by atoms with van der Waals surface area (Å²) in [5, 5.41) is 10.8. The molecule has 0 aliphatic heterocycles. The first kappa shape index (κ1) is 16.9. The van der Waals surface area contributed by atoms with Gasteiger partial charge in [0.15, 0.2) is 0 Å². The molecular weight excluding hydrogens is 324 g/mol. The van der Waals surface area contributed by atoms with Gasteiger partial charge in [-0.05, 0) is 44.2 Å². The van der Waals surface area contributed by atoms with Crippen molar-refractivity contribution in [2.45, 2.75) is 25.1 Å². The third-order valence-corrected chi connectivity index (χ3v) is 4.29. The van der Waals surface area contributed by atoms with Crippen molar-refractivity contribution in [1.82, 2.24) is 9.97 Å². The summed E-state index contributed by atoms with van der Waals surface area (Å²) >= 11 is 5.78. The molecule has 1 N–H and O–H groups in total. The lowest BCUT2D eigenvalue weighted by Crippen LogP contribution is -2.25. The van der Waals surface area contributed by atoms with Gasteiger partial charge in [0.05, 0.1) is 22.7 Å². The minimum absolute atomic E-state index is 0.0243. The highest BCUT2D eigenvalue weighted by Crippen LogP contribution is 2.15. The van der Waals surface area contributed by atoms with Crippen LogP contribution >= 0.6 is 11.6 Å². The van der Waals surface area contributed by atoms with Crippen molar-refractivity contribution in [2.75, 3.05) is 12.4 Å². The molecule has 0 saturated heterocycles. The quantitative estimate of drug-likeness (QED) is 0.817. The van der Waals surface area contributed by atoms with Crippen molar-refractivity contribution in [2.24, 2.45) is 0 Å². The van der Waals surface area contributed by atoms with Gasteiger partial charge in [-0.2, -0.15) is 0 Å². The second kappa shape index (κ2) is 7.67. The van der Waals surface area contributed by atoms with Crippen LogP contribution in [-0.4, -0.2) is 37.7 Å². The smallest absolute Gasteiger partial charge is 0.219 e. The number of aliphatic hydroxyl groups excluding tert-OH is 1. The van der Waals surface area contributed by atoms with E-state index in [1.54, 1.807) is 30.3 Å². The monoisotopic (exact) mass is 340 g/mol. The molecule has 22 heavy (non-hydrogen) atoms. The van der Waals surface area contributed by atoms with Gasteiger partial charge in [0, 0.05) is 16.4 Å². The average Bonchev–Trinajstić information content (AvgIpc) is 2.45. The first-order valence-electron chi connectivity index (χ1n) is 6.71. The molecule has 2 aromatic rings. The normalized spacial score (nSPS) is 13.6. The summed E-state index contributed by atoms with van der Waals surface area (Å²) in [7, 11) is -1.47. The minimum Gasteiger partial charge on any atom is -0.491 e. The van der Waals surface area contributed by atoms with Gasteiger partial charge in [-0.25, -0.2) is 9.97 Å². The largest absolute Gasteiger partial charge is 0.491 e. The zero-order valence-corrected chi connectivity index (χ0v) is 13.9. The third-order valence-electron chi connectivity index (χ3n) is 2.77. The van der Waals surface area contributed by atoms with E-state index in [9.17, 15) is 9.32 Å². The molecule has 0 fully saturated rings. The van der Waals surface area contributed by atoms with Gasteiger partial charge in [0.2, 0.25) is 5.16 Å². The molecule has 0 aliphatic carbocycles. The number of ether oxygens (including phenoxy) is 1. The van der Waals surface area contributed by atoms with Gasteiger partial charge in [-0.15, -0.1) is 0 Å². The van der Waals surface area contributed by atoms with E-state index in [-0.39, 0.29) is 17.5 Å². The predicted octanol–water partition coefficient (Wildman–Crippen LogP) is 2.29. The van der Waals surface area contributed by atoms with Crippen LogP contribution in [-0.2, 0) is 10.8 Å². The van der Waals surface area contributed by atoms with E-state index >= 15 is 0 Å². The summed E-state index contributed by atoms with van der Waals surface area (Å²) in [5.41, 5.74) is 1.51. The van der Waals surface area contributed by atoms with Crippen molar-refractivity contribution < 1.29 is 14.1 Å². The number of aliphatic hydroxyl groups is 1. The lowest BCUT2D eigenvalue weighted by molar-refractivity contribution is 0.125. The number of halogens is 1. The summed E-state index contributed by atoms with van der Waals surface area (Å²) in [6.07, 6.45) is -0.874. The topological polar surface area (TPSA) is 72.3 Å². The maximum Gasteiger partial charge on any atom is 0.219 e. The minimum atomic E-state index is -1.47. The van der Waals surface area contributed by atoms with Crippen molar-refractivity contribution in [3.05, 3.63) is 46.7 Å². The average molecular weight is 341 g/mol. The summed E-state index contributed by atoms with van der Waals surface area (Å²) in [5.74, 6) is 0.619. The molecule has 0 saturated carbocycles. The molecule has 0 bridgehead atoms. The Hall–Kier alpha value is -1.50. The van der Waals surface area contributed by atoms with E-state index in [1.165, 1.54) is 0 Å². The van der Waals surface area contributed by atoms with Crippen molar-refractivity contribution >= 4 is 22.4 Å². The lowest BCUT2D eigenvalue weighted by Gasteiger charge is -2.12. The third kappa shape index (κ3) is 5.05. The Balaban J connectivity index is 1.89. The van der Waals surface area contributed by atoms with Crippen LogP contribution in [0.25, 0.3) is 0 Å². The van der Waals surface area contributed by atoms with Gasteiger partial charge in [0.1, 0.15) is 12.4 Å². The Morgan fingerprint density at radius 3 is 2.41 bits per heavy atom. The van der Waals surface area contributed by atoms with Crippen LogP contribution in [0.4, 0.5) is 0 Å². The molecule has 1 aromatic carbocycles. The van der Waals surface area contributed by atoms with Crippen LogP contribution in [0.15, 0.2) is 35.5 Å². The van der Waals surface area contributed by atoms with Gasteiger partial charge < -0.3 is 9.84 Å². The molecule has 5 nitrogen and oxygen atoms in total. The molecular formula is C15H17ClN2O3S. The summed E-state index contributed by atoms with van der Waals surface area (Å²) in [4.78, 5) is 8.27. The molecule has 2 unspecified atom stereocenters. The molecule has 118 valence electrons. The fourth-order valence-electron chi connectivity index (χ4n) is 1.82. The van der Waals surface area contributed by atoms with Gasteiger partial charge in [-0.3, -0.25) is 4.21 Å². The summed E-state index contributed by atoms with van der Waals surface area (Å²) < 4.78 is 17.6. The molecule has 1 heterocycles. The number of aromatic nitrogens is 2. The highest BCUT2D eigenvalue weighted by Gasteiger charge is 2.15. The maximum absolute atomic E-state index is 12.2. The van der Waals surface area contributed by atoms with Crippen molar-refractivity contribution in [1.29, 1.82) is 0 Å². The zero-order chi connectivity index (χ0) is 16.1. The number of rotatable bonds is 6. The van der Waals surface area contributed by atoms with Crippen LogP contribution < -0.4 is 4.74 Å². The first-order valence-corrected chi connectivity index (χ1v) is 8.41. The molecule has 2 rings (SSSR count). The number of hydrogen-bond acceptors (Lipinski definition) is 5. The number of hydrogen-bond donors (Lipinski definition) is 1. The second-order valence-electron chi connectivity index (χ2n) is 4.86. The summed E-state index contributed by atoms with van der Waals surface area (Å²) in [6.45, 7) is 3.67. The zero-order valence-electron chi connectivity index (χ0n) is 12.3. The second-order valence-corrected chi connectivity index (χ2v) is 6.69. The van der Waals surface area contributed by atoms with Crippen LogP contribution in [0.5, 0.6) is 5.75 Å². The highest BCUT2D eigenvalue weighted by molar-refractivity contribution is 7.84. The Kier molecular flexibility index (Phi) is 5.88. The standard InChI is InChI=1S/C15H17ClN2O3S/c1-10-7-11(2)18-15(17-10)22(20)9-13(19)8-21-14-5-3-12(16)4-6-14/h3-7,13,19H,8-9H2,1-2H3. The van der Waals surface area contributed by atoms with Crippen LogP contribution in [0, 0.1) is 13.8 Å². The van der Waals surface area contributed by atoms with Gasteiger partial charge in [-0.1, -0.05) is 11.6 Å². The molecule has 0 amide bonds. The van der Waals surface area contributed by atoms with E-state index in [2.05, 4.69) is 9.97 Å². The van der Waals surface area contributed by atoms with Gasteiger partial charge >= 0.3 is 0 Å². The number of nitrogens with zero attached hydrogens (tertiary/aromatic N) is 2. The Bertz CT molecular complexity index is 644. The molecule has 0 spiro atoms. The van der Waals surface area contributed by atoms with Crippen LogP contribution in [0.3, 0.4) is 0 Å². The van der Waals surface area contributed by atoms with Crippen LogP contribution in [0.1, 0.15) is 11.4 Å². The fraction of sp³-hybridized carbons (Fsp3) is 0.333. The van der Waals surface area contributed by atoms with Gasteiger partial charge in [0.25, 0.3) is 0 Å². The predicted molar refractivity (Wildman–Crippen MR) is 85.7 cm³/mol. The Morgan fingerprint density at radius 1 is 1.23 bits per heavy atom. The van der Waals surface area contributed by atoms with E-state index in [4.69, 9.17) is 16.3 Å². The fourth-order valence-corrected chi connectivity index (χ4v) is 3.03. The number of aryl methyl sites for hydroxylation is 2. The van der Waals surface area contributed by atoms with Crippen LogP contribution in [0.2, 0.25) is 5.02 Å². The lowest BCUT2D eigenvalue weighted by atomic mass is 10.3. The highest BCUT2D eigenvalue weighted by atomic mass is 35.5. The van der Waals surface area contributed by atoms with E-state index in [1.807, 2.05) is 13.8 Å². The van der Waals surface area contributed by atoms with Crippen molar-refractivity contribution in [3.8, 4) is 5.75 Å². The Labute approximate surface area is 136 Å². The number of benzene rings is 1. The van der Waals surface area contributed by atoms with E-state index < -0.39 is 16.9 Å². The molecule has 0 radical (unpaired) electrons.